The summed E-state index contributed by atoms with van der Waals surface area (Å²) < 4.78 is 0. The first-order valence-electron chi connectivity index (χ1n) is 6.79. The lowest BCUT2D eigenvalue weighted by molar-refractivity contribution is -0.123. The van der Waals surface area contributed by atoms with E-state index in [0.717, 1.165) is 11.1 Å². The van der Waals surface area contributed by atoms with Crippen molar-refractivity contribution < 1.29 is 9.59 Å². The van der Waals surface area contributed by atoms with E-state index in [0.29, 0.717) is 18.5 Å². The Bertz CT molecular complexity index is 670. The molecule has 0 saturated heterocycles. The summed E-state index contributed by atoms with van der Waals surface area (Å²) in [6, 6.07) is 10.5. The van der Waals surface area contributed by atoms with E-state index in [1.54, 1.807) is 18.5 Å². The fraction of sp³-hybridized carbons (Fsp3) is 0.188. The average Bonchev–Trinajstić information content (AvgIpc) is 2.53. The van der Waals surface area contributed by atoms with Gasteiger partial charge in [-0.15, -0.1) is 0 Å². The molecule has 0 aliphatic carbocycles. The number of aromatic nitrogens is 1. The normalized spacial score (nSPS) is 16.8. The zero-order valence-corrected chi connectivity index (χ0v) is 11.4. The minimum atomic E-state index is -0.524. The van der Waals surface area contributed by atoms with E-state index >= 15 is 0 Å². The van der Waals surface area contributed by atoms with Gasteiger partial charge in [0.1, 0.15) is 6.04 Å². The van der Waals surface area contributed by atoms with Gasteiger partial charge in [-0.2, -0.15) is 0 Å². The highest BCUT2D eigenvalue weighted by molar-refractivity contribution is 6.00. The topological polar surface area (TPSA) is 71.1 Å². The SMILES string of the molecule is O=C1NC(C(=O)NCc2cccnc2)Cc2ccccc21. The maximum atomic E-state index is 12.2. The van der Waals surface area contributed by atoms with Crippen LogP contribution in [0.5, 0.6) is 0 Å². The van der Waals surface area contributed by atoms with Gasteiger partial charge in [0.15, 0.2) is 0 Å². The summed E-state index contributed by atoms with van der Waals surface area (Å²) >= 11 is 0. The zero-order valence-electron chi connectivity index (χ0n) is 11.4. The van der Waals surface area contributed by atoms with E-state index in [1.165, 1.54) is 0 Å². The van der Waals surface area contributed by atoms with E-state index in [1.807, 2.05) is 30.3 Å². The van der Waals surface area contributed by atoms with Gasteiger partial charge in [-0.25, -0.2) is 0 Å². The lowest BCUT2D eigenvalue weighted by Gasteiger charge is -2.24. The molecular formula is C16H15N3O2. The predicted octanol–water partition coefficient (Wildman–Crippen LogP) is 1.05. The van der Waals surface area contributed by atoms with Crippen LogP contribution in [0.25, 0.3) is 0 Å². The highest BCUT2D eigenvalue weighted by Crippen LogP contribution is 2.16. The Morgan fingerprint density at radius 3 is 2.95 bits per heavy atom. The molecule has 1 aliphatic heterocycles. The Balaban J connectivity index is 1.65. The summed E-state index contributed by atoms with van der Waals surface area (Å²) in [5.74, 6) is -0.375. The van der Waals surface area contributed by atoms with Crippen molar-refractivity contribution in [2.75, 3.05) is 0 Å². The number of carbonyl (C=O) groups is 2. The number of hydrogen-bond donors (Lipinski definition) is 2. The van der Waals surface area contributed by atoms with Crippen molar-refractivity contribution in [3.8, 4) is 0 Å². The number of nitrogens with zero attached hydrogens (tertiary/aromatic N) is 1. The molecule has 1 unspecified atom stereocenters. The smallest absolute Gasteiger partial charge is 0.252 e. The van der Waals surface area contributed by atoms with E-state index < -0.39 is 6.04 Å². The molecular weight excluding hydrogens is 266 g/mol. The second kappa shape index (κ2) is 5.75. The van der Waals surface area contributed by atoms with Crippen LogP contribution in [0.2, 0.25) is 0 Å². The Morgan fingerprint density at radius 2 is 2.14 bits per heavy atom. The molecule has 0 spiro atoms. The zero-order chi connectivity index (χ0) is 14.7. The molecule has 2 aromatic rings. The molecule has 106 valence electrons. The first-order valence-corrected chi connectivity index (χ1v) is 6.79. The lowest BCUT2D eigenvalue weighted by atomic mass is 9.95. The molecule has 3 rings (SSSR count). The van der Waals surface area contributed by atoms with Crippen molar-refractivity contribution in [1.82, 2.24) is 15.6 Å². The number of benzene rings is 1. The fourth-order valence-electron chi connectivity index (χ4n) is 2.40. The number of fused-ring (bicyclic) bond motifs is 1. The first kappa shape index (κ1) is 13.3. The molecule has 2 heterocycles. The molecule has 5 nitrogen and oxygen atoms in total. The van der Waals surface area contributed by atoms with Crippen LogP contribution in [0.15, 0.2) is 48.8 Å². The third-order valence-electron chi connectivity index (χ3n) is 3.50. The van der Waals surface area contributed by atoms with Crippen molar-refractivity contribution in [3.05, 3.63) is 65.5 Å². The first-order chi connectivity index (χ1) is 10.2. The summed E-state index contributed by atoms with van der Waals surface area (Å²) in [7, 11) is 0. The quantitative estimate of drug-likeness (QED) is 0.883. The third-order valence-corrected chi connectivity index (χ3v) is 3.50. The fourth-order valence-corrected chi connectivity index (χ4v) is 2.40. The van der Waals surface area contributed by atoms with Gasteiger partial charge in [0, 0.05) is 30.9 Å². The summed E-state index contributed by atoms with van der Waals surface area (Å²) in [5, 5.41) is 5.57. The van der Waals surface area contributed by atoms with E-state index in [9.17, 15) is 9.59 Å². The predicted molar refractivity (Wildman–Crippen MR) is 77.5 cm³/mol. The van der Waals surface area contributed by atoms with Crippen LogP contribution in [0, 0.1) is 0 Å². The minimum Gasteiger partial charge on any atom is -0.350 e. The lowest BCUT2D eigenvalue weighted by Crippen LogP contribution is -2.50. The summed E-state index contributed by atoms with van der Waals surface area (Å²) in [5.41, 5.74) is 2.48. The van der Waals surface area contributed by atoms with Crippen LogP contribution in [-0.2, 0) is 17.8 Å². The van der Waals surface area contributed by atoms with Crippen LogP contribution in [0.1, 0.15) is 21.5 Å². The van der Waals surface area contributed by atoms with E-state index in [4.69, 9.17) is 0 Å². The Kier molecular flexibility index (Phi) is 3.64. The minimum absolute atomic E-state index is 0.179. The number of nitrogens with one attached hydrogen (secondary N) is 2. The van der Waals surface area contributed by atoms with Gasteiger partial charge in [0.05, 0.1) is 0 Å². The molecule has 0 saturated carbocycles. The summed E-state index contributed by atoms with van der Waals surface area (Å²) in [6.07, 6.45) is 3.90. The maximum Gasteiger partial charge on any atom is 0.252 e. The van der Waals surface area contributed by atoms with Gasteiger partial charge in [-0.3, -0.25) is 14.6 Å². The number of amides is 2. The second-order valence-electron chi connectivity index (χ2n) is 4.97. The van der Waals surface area contributed by atoms with Gasteiger partial charge in [0.25, 0.3) is 5.91 Å². The van der Waals surface area contributed by atoms with E-state index in [2.05, 4.69) is 15.6 Å². The molecule has 1 aliphatic rings. The molecule has 1 aromatic carbocycles. The number of rotatable bonds is 3. The van der Waals surface area contributed by atoms with Crippen molar-refractivity contribution >= 4 is 11.8 Å². The largest absolute Gasteiger partial charge is 0.350 e. The Morgan fingerprint density at radius 1 is 1.29 bits per heavy atom. The molecule has 5 heteroatoms. The van der Waals surface area contributed by atoms with Crippen molar-refractivity contribution in [3.63, 3.8) is 0 Å². The van der Waals surface area contributed by atoms with Crippen LogP contribution < -0.4 is 10.6 Å². The maximum absolute atomic E-state index is 12.2. The molecule has 2 N–H and O–H groups in total. The van der Waals surface area contributed by atoms with Crippen molar-refractivity contribution in [2.45, 2.75) is 19.0 Å². The second-order valence-corrected chi connectivity index (χ2v) is 4.97. The molecule has 0 fully saturated rings. The molecule has 1 atom stereocenters. The van der Waals surface area contributed by atoms with Gasteiger partial charge >= 0.3 is 0 Å². The van der Waals surface area contributed by atoms with Crippen LogP contribution in [-0.4, -0.2) is 22.8 Å². The third kappa shape index (κ3) is 2.91. The van der Waals surface area contributed by atoms with Crippen molar-refractivity contribution in [1.29, 1.82) is 0 Å². The molecule has 0 bridgehead atoms. The molecule has 1 aromatic heterocycles. The molecule has 0 radical (unpaired) electrons. The number of pyridine rings is 1. The van der Waals surface area contributed by atoms with Crippen molar-refractivity contribution in [2.24, 2.45) is 0 Å². The summed E-state index contributed by atoms with van der Waals surface area (Å²) in [4.78, 5) is 28.1. The van der Waals surface area contributed by atoms with E-state index in [-0.39, 0.29) is 11.8 Å². The molecule has 2 amide bonds. The number of carbonyl (C=O) groups excluding carboxylic acids is 2. The Hall–Kier alpha value is -2.69. The van der Waals surface area contributed by atoms with Gasteiger partial charge < -0.3 is 10.6 Å². The highest BCUT2D eigenvalue weighted by Gasteiger charge is 2.28. The average molecular weight is 281 g/mol. The van der Waals surface area contributed by atoms with Crippen LogP contribution in [0.3, 0.4) is 0 Å². The standard InChI is InChI=1S/C16H15N3O2/c20-15-13-6-2-1-5-12(13)8-14(19-15)16(21)18-10-11-4-3-7-17-9-11/h1-7,9,14H,8,10H2,(H,18,21)(H,19,20). The Labute approximate surface area is 122 Å². The van der Waals surface area contributed by atoms with Crippen LogP contribution in [0.4, 0.5) is 0 Å². The van der Waals surface area contributed by atoms with Gasteiger partial charge in [-0.05, 0) is 23.3 Å². The van der Waals surface area contributed by atoms with Gasteiger partial charge in [0.2, 0.25) is 5.91 Å². The summed E-state index contributed by atoms with van der Waals surface area (Å²) in [6.45, 7) is 0.403. The molecule has 21 heavy (non-hydrogen) atoms. The van der Waals surface area contributed by atoms with Gasteiger partial charge in [-0.1, -0.05) is 24.3 Å². The monoisotopic (exact) mass is 281 g/mol. The van der Waals surface area contributed by atoms with Crippen LogP contribution >= 0.6 is 0 Å². The highest BCUT2D eigenvalue weighted by atomic mass is 16.2. The number of hydrogen-bond acceptors (Lipinski definition) is 3.